The maximum atomic E-state index is 13.1. The Balaban J connectivity index is 2.22. The van der Waals surface area contributed by atoms with E-state index < -0.39 is 17.7 Å². The first-order valence-corrected chi connectivity index (χ1v) is 6.70. The molecule has 0 saturated heterocycles. The van der Waals surface area contributed by atoms with Crippen molar-refractivity contribution in [1.82, 2.24) is 0 Å². The molecule has 0 aliphatic heterocycles. The first kappa shape index (κ1) is 14.4. The lowest BCUT2D eigenvalue weighted by Crippen LogP contribution is -2.03. The van der Waals surface area contributed by atoms with Crippen molar-refractivity contribution in [3.8, 4) is 0 Å². The Morgan fingerprint density at radius 3 is 2.26 bits per heavy atom. The summed E-state index contributed by atoms with van der Waals surface area (Å²) < 4.78 is 26.9. The number of aliphatic hydroxyl groups excluding tert-OH is 1. The molecule has 0 aromatic heterocycles. The lowest BCUT2D eigenvalue weighted by Gasteiger charge is -2.12. The van der Waals surface area contributed by atoms with E-state index in [9.17, 15) is 13.9 Å². The molecule has 0 heterocycles. The van der Waals surface area contributed by atoms with Crippen LogP contribution in [0.5, 0.6) is 0 Å². The van der Waals surface area contributed by atoms with Gasteiger partial charge in [-0.05, 0) is 41.5 Å². The van der Waals surface area contributed by atoms with Gasteiger partial charge in [-0.3, -0.25) is 0 Å². The third-order valence-corrected chi connectivity index (χ3v) is 3.30. The van der Waals surface area contributed by atoms with E-state index >= 15 is 0 Å². The molecule has 1 unspecified atom stereocenters. The first-order chi connectivity index (χ1) is 8.94. The first-order valence-electron chi connectivity index (χ1n) is 5.53. The van der Waals surface area contributed by atoms with E-state index in [2.05, 4.69) is 15.9 Å². The van der Waals surface area contributed by atoms with Crippen LogP contribution in [0.25, 0.3) is 0 Å². The smallest absolute Gasteiger partial charge is 0.126 e. The molecule has 100 valence electrons. The molecule has 5 heteroatoms. The van der Waals surface area contributed by atoms with E-state index in [0.717, 1.165) is 10.5 Å². The molecule has 0 aliphatic carbocycles. The summed E-state index contributed by atoms with van der Waals surface area (Å²) in [4.78, 5) is 0. The molecular formula is C14H10BrClF2O. The van der Waals surface area contributed by atoms with E-state index in [0.29, 0.717) is 16.1 Å². The van der Waals surface area contributed by atoms with Crippen LogP contribution in [0.3, 0.4) is 0 Å². The summed E-state index contributed by atoms with van der Waals surface area (Å²) in [7, 11) is 0. The Morgan fingerprint density at radius 1 is 1.05 bits per heavy atom. The molecule has 0 spiro atoms. The molecule has 2 rings (SSSR count). The highest BCUT2D eigenvalue weighted by atomic mass is 79.9. The average molecular weight is 348 g/mol. The Bertz CT molecular complexity index is 563. The van der Waals surface area contributed by atoms with E-state index in [-0.39, 0.29) is 6.42 Å². The minimum atomic E-state index is -0.879. The van der Waals surface area contributed by atoms with Crippen molar-refractivity contribution in [2.45, 2.75) is 12.5 Å². The number of hydrogen-bond donors (Lipinski definition) is 1. The van der Waals surface area contributed by atoms with Gasteiger partial charge >= 0.3 is 0 Å². The summed E-state index contributed by atoms with van der Waals surface area (Å²) in [5, 5.41) is 10.6. The van der Waals surface area contributed by atoms with E-state index in [4.69, 9.17) is 11.6 Å². The van der Waals surface area contributed by atoms with Gasteiger partial charge in [0.05, 0.1) is 6.10 Å². The summed E-state index contributed by atoms with van der Waals surface area (Å²) in [6.45, 7) is 0. The number of halogens is 4. The number of benzene rings is 2. The molecule has 0 aliphatic rings. The van der Waals surface area contributed by atoms with Crippen molar-refractivity contribution in [1.29, 1.82) is 0 Å². The summed E-state index contributed by atoms with van der Waals surface area (Å²) >= 11 is 9.16. The van der Waals surface area contributed by atoms with E-state index in [1.54, 1.807) is 18.2 Å². The van der Waals surface area contributed by atoms with Crippen LogP contribution < -0.4 is 0 Å². The van der Waals surface area contributed by atoms with E-state index in [1.807, 2.05) is 0 Å². The molecule has 2 aromatic rings. The Labute approximate surface area is 123 Å². The third kappa shape index (κ3) is 4.00. The van der Waals surface area contributed by atoms with Gasteiger partial charge in [0.2, 0.25) is 0 Å². The summed E-state index contributed by atoms with van der Waals surface area (Å²) in [5.74, 6) is -1.32. The van der Waals surface area contributed by atoms with Gasteiger partial charge in [0, 0.05) is 22.0 Å². The maximum Gasteiger partial charge on any atom is 0.126 e. The molecule has 1 atom stereocenters. The fraction of sp³-hybridized carbons (Fsp3) is 0.143. The van der Waals surface area contributed by atoms with Crippen LogP contribution in [0.4, 0.5) is 8.78 Å². The second kappa shape index (κ2) is 5.99. The zero-order valence-electron chi connectivity index (χ0n) is 9.71. The van der Waals surface area contributed by atoms with Gasteiger partial charge in [-0.25, -0.2) is 8.78 Å². The number of rotatable bonds is 3. The fourth-order valence-electron chi connectivity index (χ4n) is 1.84. The Hall–Kier alpha value is -0.970. The zero-order valence-corrected chi connectivity index (χ0v) is 12.0. The van der Waals surface area contributed by atoms with Crippen molar-refractivity contribution in [3.05, 3.63) is 68.7 Å². The van der Waals surface area contributed by atoms with E-state index in [1.165, 1.54) is 12.1 Å². The van der Waals surface area contributed by atoms with Crippen LogP contribution in [0.1, 0.15) is 17.2 Å². The SMILES string of the molecule is OC(Cc1cc(F)cc(F)c1)c1cc(Cl)cc(Br)c1. The molecular weight excluding hydrogens is 338 g/mol. The lowest BCUT2D eigenvalue weighted by atomic mass is 10.0. The van der Waals surface area contributed by atoms with Gasteiger partial charge < -0.3 is 5.11 Å². The maximum absolute atomic E-state index is 13.1. The minimum Gasteiger partial charge on any atom is -0.388 e. The van der Waals surface area contributed by atoms with Gasteiger partial charge in [0.15, 0.2) is 0 Å². The predicted octanol–water partition coefficient (Wildman–Crippen LogP) is 4.66. The highest BCUT2D eigenvalue weighted by Crippen LogP contribution is 2.26. The molecule has 1 N–H and O–H groups in total. The van der Waals surface area contributed by atoms with Gasteiger partial charge in [0.1, 0.15) is 11.6 Å². The second-order valence-electron chi connectivity index (χ2n) is 4.20. The average Bonchev–Trinajstić information content (AvgIpc) is 2.25. The van der Waals surface area contributed by atoms with Crippen LogP contribution >= 0.6 is 27.5 Å². The standard InChI is InChI=1S/C14H10BrClF2O/c15-10-4-9(5-11(16)6-10)14(19)3-8-1-12(17)7-13(18)2-8/h1-2,4-7,14,19H,3H2. The topological polar surface area (TPSA) is 20.2 Å². The number of aliphatic hydroxyl groups is 1. The molecule has 0 saturated carbocycles. The zero-order chi connectivity index (χ0) is 14.0. The molecule has 0 fully saturated rings. The lowest BCUT2D eigenvalue weighted by molar-refractivity contribution is 0.178. The molecule has 19 heavy (non-hydrogen) atoms. The quantitative estimate of drug-likeness (QED) is 0.856. The van der Waals surface area contributed by atoms with Gasteiger partial charge in [-0.1, -0.05) is 27.5 Å². The Morgan fingerprint density at radius 2 is 1.68 bits per heavy atom. The summed E-state index contributed by atoms with van der Waals surface area (Å²) in [5.41, 5.74) is 0.977. The highest BCUT2D eigenvalue weighted by Gasteiger charge is 2.12. The van der Waals surface area contributed by atoms with Crippen LogP contribution in [-0.4, -0.2) is 5.11 Å². The van der Waals surface area contributed by atoms with Crippen LogP contribution in [-0.2, 0) is 6.42 Å². The van der Waals surface area contributed by atoms with Crippen molar-refractivity contribution in [2.75, 3.05) is 0 Å². The van der Waals surface area contributed by atoms with Crippen molar-refractivity contribution < 1.29 is 13.9 Å². The molecule has 1 nitrogen and oxygen atoms in total. The molecule has 0 amide bonds. The summed E-state index contributed by atoms with van der Waals surface area (Å²) in [6.07, 6.45) is -0.766. The molecule has 2 aromatic carbocycles. The normalized spacial score (nSPS) is 12.5. The minimum absolute atomic E-state index is 0.113. The van der Waals surface area contributed by atoms with Crippen LogP contribution in [0.2, 0.25) is 5.02 Å². The third-order valence-electron chi connectivity index (χ3n) is 2.62. The van der Waals surface area contributed by atoms with Crippen molar-refractivity contribution in [3.63, 3.8) is 0 Å². The predicted molar refractivity (Wildman–Crippen MR) is 74.2 cm³/mol. The van der Waals surface area contributed by atoms with Crippen molar-refractivity contribution in [2.24, 2.45) is 0 Å². The molecule has 0 bridgehead atoms. The molecule has 0 radical (unpaired) electrons. The van der Waals surface area contributed by atoms with Crippen LogP contribution in [0.15, 0.2) is 40.9 Å². The second-order valence-corrected chi connectivity index (χ2v) is 5.55. The van der Waals surface area contributed by atoms with Gasteiger partial charge in [-0.2, -0.15) is 0 Å². The van der Waals surface area contributed by atoms with Crippen LogP contribution in [0, 0.1) is 11.6 Å². The monoisotopic (exact) mass is 346 g/mol. The Kier molecular flexibility index (Phi) is 4.55. The largest absolute Gasteiger partial charge is 0.388 e. The van der Waals surface area contributed by atoms with Crippen molar-refractivity contribution >= 4 is 27.5 Å². The summed E-state index contributed by atoms with van der Waals surface area (Å²) in [6, 6.07) is 8.22. The highest BCUT2D eigenvalue weighted by molar-refractivity contribution is 9.10. The van der Waals surface area contributed by atoms with Gasteiger partial charge in [0.25, 0.3) is 0 Å². The fourth-order valence-corrected chi connectivity index (χ4v) is 2.72. The van der Waals surface area contributed by atoms with Gasteiger partial charge in [-0.15, -0.1) is 0 Å². The number of hydrogen-bond acceptors (Lipinski definition) is 1.